The van der Waals surface area contributed by atoms with Crippen LogP contribution in [0, 0.1) is 0 Å². The van der Waals surface area contributed by atoms with Crippen molar-refractivity contribution in [3.8, 4) is 11.6 Å². The lowest BCUT2D eigenvalue weighted by Gasteiger charge is -2.17. The van der Waals surface area contributed by atoms with Crippen molar-refractivity contribution in [1.82, 2.24) is 9.55 Å². The molecule has 0 amide bonds. The van der Waals surface area contributed by atoms with E-state index in [2.05, 4.69) is 17.1 Å². The summed E-state index contributed by atoms with van der Waals surface area (Å²) in [5, 5.41) is 13.0. The molecule has 6 heteroatoms. The minimum Gasteiger partial charge on any atom is -0.461 e. The first kappa shape index (κ1) is 15.4. The summed E-state index contributed by atoms with van der Waals surface area (Å²) in [6.45, 7) is 2.73. The minimum absolute atomic E-state index is 0.112. The van der Waals surface area contributed by atoms with Gasteiger partial charge in [-0.25, -0.2) is 4.98 Å². The highest BCUT2D eigenvalue weighted by molar-refractivity contribution is 6.29. The second-order valence-electron chi connectivity index (χ2n) is 5.94. The standard InChI is InChI=1S/C19H17N3O3/c1-2-3-10-22-17-16(20-19(22)14-9-6-11-25-14)15(21-24)12-7-4-5-8-13(12)18(17)23/h4-9,11,24H,2-3,10H2,1H3. The van der Waals surface area contributed by atoms with Crippen molar-refractivity contribution in [2.45, 2.75) is 26.3 Å². The number of furan rings is 1. The maximum absolute atomic E-state index is 13.1. The molecule has 0 unspecified atom stereocenters. The van der Waals surface area contributed by atoms with Crippen LogP contribution in [-0.2, 0) is 6.54 Å². The van der Waals surface area contributed by atoms with Crippen LogP contribution in [0.4, 0.5) is 0 Å². The zero-order chi connectivity index (χ0) is 17.4. The number of unbranched alkanes of at least 4 members (excludes halogenated alkanes) is 1. The van der Waals surface area contributed by atoms with Gasteiger partial charge in [-0.05, 0) is 18.6 Å². The van der Waals surface area contributed by atoms with Crippen molar-refractivity contribution in [3.63, 3.8) is 0 Å². The van der Waals surface area contributed by atoms with Gasteiger partial charge in [-0.15, -0.1) is 0 Å². The molecule has 25 heavy (non-hydrogen) atoms. The molecule has 1 aliphatic rings. The molecule has 3 aromatic rings. The van der Waals surface area contributed by atoms with Crippen LogP contribution in [0.2, 0.25) is 0 Å². The highest BCUT2D eigenvalue weighted by Crippen LogP contribution is 2.32. The molecule has 0 bridgehead atoms. The van der Waals surface area contributed by atoms with Crippen molar-refractivity contribution in [1.29, 1.82) is 0 Å². The Morgan fingerprint density at radius 3 is 2.68 bits per heavy atom. The first-order valence-electron chi connectivity index (χ1n) is 8.27. The molecule has 6 nitrogen and oxygen atoms in total. The summed E-state index contributed by atoms with van der Waals surface area (Å²) in [7, 11) is 0. The van der Waals surface area contributed by atoms with Gasteiger partial charge >= 0.3 is 0 Å². The Hall–Kier alpha value is -3.15. The highest BCUT2D eigenvalue weighted by atomic mass is 16.4. The van der Waals surface area contributed by atoms with Crippen molar-refractivity contribution in [2.75, 3.05) is 0 Å². The summed E-state index contributed by atoms with van der Waals surface area (Å²) in [6.07, 6.45) is 3.46. The first-order chi connectivity index (χ1) is 12.3. The largest absolute Gasteiger partial charge is 0.461 e. The number of carbonyl (C=O) groups is 1. The van der Waals surface area contributed by atoms with Crippen LogP contribution in [0.1, 0.15) is 47.1 Å². The smallest absolute Gasteiger partial charge is 0.212 e. The summed E-state index contributed by atoms with van der Waals surface area (Å²) in [5.41, 5.74) is 2.27. The van der Waals surface area contributed by atoms with Gasteiger partial charge < -0.3 is 14.2 Å². The lowest BCUT2D eigenvalue weighted by Crippen LogP contribution is -2.24. The number of benzene rings is 1. The summed E-state index contributed by atoms with van der Waals surface area (Å²) in [6, 6.07) is 10.7. The van der Waals surface area contributed by atoms with Crippen molar-refractivity contribution >= 4 is 11.5 Å². The third-order valence-electron chi connectivity index (χ3n) is 4.41. The Morgan fingerprint density at radius 1 is 1.20 bits per heavy atom. The van der Waals surface area contributed by atoms with E-state index in [0.717, 1.165) is 12.8 Å². The molecular weight excluding hydrogens is 318 g/mol. The molecule has 4 rings (SSSR count). The zero-order valence-corrected chi connectivity index (χ0v) is 13.8. The number of ketones is 1. The molecular formula is C19H17N3O3. The number of nitrogens with zero attached hydrogens (tertiary/aromatic N) is 3. The fourth-order valence-corrected chi connectivity index (χ4v) is 3.22. The Bertz CT molecular complexity index is 968. The molecule has 2 heterocycles. The van der Waals surface area contributed by atoms with Gasteiger partial charge in [0.1, 0.15) is 17.1 Å². The average molecular weight is 335 g/mol. The second kappa shape index (κ2) is 6.05. The predicted molar refractivity (Wildman–Crippen MR) is 92.1 cm³/mol. The lowest BCUT2D eigenvalue weighted by atomic mass is 9.89. The number of aromatic nitrogens is 2. The maximum atomic E-state index is 13.1. The predicted octanol–water partition coefficient (Wildman–Crippen LogP) is 3.71. The van der Waals surface area contributed by atoms with E-state index in [9.17, 15) is 10.0 Å². The zero-order valence-electron chi connectivity index (χ0n) is 13.8. The topological polar surface area (TPSA) is 80.6 Å². The fourth-order valence-electron chi connectivity index (χ4n) is 3.22. The summed E-state index contributed by atoms with van der Waals surface area (Å²) in [4.78, 5) is 17.7. The number of oxime groups is 1. The van der Waals surface area contributed by atoms with E-state index < -0.39 is 0 Å². The van der Waals surface area contributed by atoms with Gasteiger partial charge in [-0.2, -0.15) is 0 Å². The van der Waals surface area contributed by atoms with E-state index in [0.29, 0.717) is 46.4 Å². The normalized spacial score (nSPS) is 14.6. The number of imidazole rings is 1. The highest BCUT2D eigenvalue weighted by Gasteiger charge is 2.35. The summed E-state index contributed by atoms with van der Waals surface area (Å²) in [5.74, 6) is 1.05. The van der Waals surface area contributed by atoms with Gasteiger partial charge in [-0.1, -0.05) is 42.8 Å². The Kier molecular flexibility index (Phi) is 3.72. The Balaban J connectivity index is 1.99. The van der Waals surface area contributed by atoms with Crippen LogP contribution >= 0.6 is 0 Å². The van der Waals surface area contributed by atoms with E-state index >= 15 is 0 Å². The summed E-state index contributed by atoms with van der Waals surface area (Å²) >= 11 is 0. The van der Waals surface area contributed by atoms with E-state index in [1.807, 2.05) is 16.7 Å². The van der Waals surface area contributed by atoms with Crippen molar-refractivity contribution < 1.29 is 14.4 Å². The lowest BCUT2D eigenvalue weighted by molar-refractivity contribution is 0.102. The number of fused-ring (bicyclic) bond motifs is 2. The SMILES string of the molecule is CCCCn1c(-c2ccco2)nc2c1C(=O)c1ccccc1C2=NO. The molecule has 0 spiro atoms. The van der Waals surface area contributed by atoms with Crippen LogP contribution in [-0.4, -0.2) is 26.3 Å². The molecule has 0 aliphatic heterocycles. The van der Waals surface area contributed by atoms with E-state index in [4.69, 9.17) is 4.42 Å². The van der Waals surface area contributed by atoms with E-state index in [1.165, 1.54) is 0 Å². The number of hydrogen-bond donors (Lipinski definition) is 1. The molecule has 0 fully saturated rings. The van der Waals surface area contributed by atoms with E-state index in [1.54, 1.807) is 30.5 Å². The second-order valence-corrected chi connectivity index (χ2v) is 5.94. The van der Waals surface area contributed by atoms with E-state index in [-0.39, 0.29) is 5.78 Å². The molecule has 1 N–H and O–H groups in total. The number of rotatable bonds is 4. The molecule has 0 saturated carbocycles. The quantitative estimate of drug-likeness (QED) is 0.455. The van der Waals surface area contributed by atoms with Gasteiger partial charge in [0, 0.05) is 17.7 Å². The Labute approximate surface area is 144 Å². The van der Waals surface area contributed by atoms with Crippen LogP contribution < -0.4 is 0 Å². The average Bonchev–Trinajstić information content (AvgIpc) is 3.28. The molecule has 2 aromatic heterocycles. The minimum atomic E-state index is -0.112. The van der Waals surface area contributed by atoms with Gasteiger partial charge in [-0.3, -0.25) is 4.79 Å². The molecule has 126 valence electrons. The third kappa shape index (κ3) is 2.29. The molecule has 0 atom stereocenters. The van der Waals surface area contributed by atoms with Gasteiger partial charge in [0.15, 0.2) is 11.6 Å². The van der Waals surface area contributed by atoms with Crippen LogP contribution in [0.3, 0.4) is 0 Å². The Morgan fingerprint density at radius 2 is 2.00 bits per heavy atom. The first-order valence-corrected chi connectivity index (χ1v) is 8.27. The van der Waals surface area contributed by atoms with Crippen molar-refractivity contribution in [3.05, 3.63) is 65.2 Å². The van der Waals surface area contributed by atoms with Gasteiger partial charge in [0.05, 0.1) is 6.26 Å². The third-order valence-corrected chi connectivity index (χ3v) is 4.41. The van der Waals surface area contributed by atoms with Gasteiger partial charge in [0.2, 0.25) is 5.78 Å². The molecule has 1 aliphatic carbocycles. The van der Waals surface area contributed by atoms with Crippen LogP contribution in [0.25, 0.3) is 11.6 Å². The number of hydrogen-bond acceptors (Lipinski definition) is 5. The van der Waals surface area contributed by atoms with Crippen LogP contribution in [0.5, 0.6) is 0 Å². The monoisotopic (exact) mass is 335 g/mol. The number of carbonyl (C=O) groups excluding carboxylic acids is 1. The van der Waals surface area contributed by atoms with Crippen molar-refractivity contribution in [2.24, 2.45) is 5.16 Å². The summed E-state index contributed by atoms with van der Waals surface area (Å²) < 4.78 is 7.38. The molecule has 1 aromatic carbocycles. The van der Waals surface area contributed by atoms with Gasteiger partial charge in [0.25, 0.3) is 0 Å². The maximum Gasteiger partial charge on any atom is 0.212 e. The fraction of sp³-hybridized carbons (Fsp3) is 0.211. The van der Waals surface area contributed by atoms with Crippen LogP contribution in [0.15, 0.2) is 52.2 Å². The molecule has 0 saturated heterocycles. The molecule has 0 radical (unpaired) electrons.